The number of hydrogen-bond donors (Lipinski definition) is 1. The third-order valence-corrected chi connectivity index (χ3v) is 5.48. The van der Waals surface area contributed by atoms with Crippen LogP contribution < -0.4 is 15.4 Å². The lowest BCUT2D eigenvalue weighted by atomic mass is 10.0. The average Bonchev–Trinajstić information content (AvgIpc) is 2.73. The van der Waals surface area contributed by atoms with Gasteiger partial charge in [-0.1, -0.05) is 29.8 Å². The van der Waals surface area contributed by atoms with Crippen molar-refractivity contribution in [3.8, 4) is 0 Å². The molecule has 4 rings (SSSR count). The van der Waals surface area contributed by atoms with Gasteiger partial charge < -0.3 is 9.80 Å². The molecule has 0 bridgehead atoms. The van der Waals surface area contributed by atoms with E-state index in [0.717, 1.165) is 43.1 Å². The molecule has 2 heterocycles. The third kappa shape index (κ3) is 4.31. The van der Waals surface area contributed by atoms with Gasteiger partial charge >= 0.3 is 0 Å². The van der Waals surface area contributed by atoms with Gasteiger partial charge in [-0.3, -0.25) is 9.78 Å². The summed E-state index contributed by atoms with van der Waals surface area (Å²) in [6.45, 7) is 7.03. The van der Waals surface area contributed by atoms with Crippen LogP contribution in [0.1, 0.15) is 22.4 Å². The highest BCUT2D eigenvalue weighted by molar-refractivity contribution is 5.48. The summed E-state index contributed by atoms with van der Waals surface area (Å²) >= 11 is 0. The summed E-state index contributed by atoms with van der Waals surface area (Å²) in [5.74, 6) is 0.397. The minimum Gasteiger partial charge on any atom is -0.368 e. The minimum atomic E-state index is -0.227. The molecule has 2 aromatic carbocycles. The van der Waals surface area contributed by atoms with Crippen molar-refractivity contribution in [2.45, 2.75) is 20.3 Å². The lowest BCUT2D eigenvalue weighted by Gasteiger charge is -2.36. The fourth-order valence-electron chi connectivity index (χ4n) is 3.69. The maximum Gasteiger partial charge on any atom is 0.256 e. The van der Waals surface area contributed by atoms with Crippen LogP contribution in [0, 0.1) is 19.7 Å². The van der Waals surface area contributed by atoms with Crippen LogP contribution in [0.25, 0.3) is 0 Å². The molecule has 0 amide bonds. The SMILES string of the molecule is Cc1ccc(Cc2c(C)nc(N3CCN(c4ccc(F)cc4)CC3)[nH]c2=O)cc1. The highest BCUT2D eigenvalue weighted by atomic mass is 19.1. The summed E-state index contributed by atoms with van der Waals surface area (Å²) in [4.78, 5) is 24.7. The van der Waals surface area contributed by atoms with E-state index in [0.29, 0.717) is 17.9 Å². The molecule has 0 saturated carbocycles. The normalized spacial score (nSPS) is 14.3. The molecule has 150 valence electrons. The summed E-state index contributed by atoms with van der Waals surface area (Å²) in [6.07, 6.45) is 0.576. The van der Waals surface area contributed by atoms with Crippen LogP contribution in [0.15, 0.2) is 53.3 Å². The molecular weight excluding hydrogens is 367 g/mol. The fraction of sp³-hybridized carbons (Fsp3) is 0.304. The second kappa shape index (κ2) is 8.07. The van der Waals surface area contributed by atoms with E-state index in [1.54, 1.807) is 12.1 Å². The topological polar surface area (TPSA) is 52.2 Å². The highest BCUT2D eigenvalue weighted by Crippen LogP contribution is 2.19. The highest BCUT2D eigenvalue weighted by Gasteiger charge is 2.20. The van der Waals surface area contributed by atoms with E-state index in [-0.39, 0.29) is 11.4 Å². The predicted octanol–water partition coefficient (Wildman–Crippen LogP) is 3.44. The Morgan fingerprint density at radius 2 is 1.55 bits per heavy atom. The molecule has 29 heavy (non-hydrogen) atoms. The van der Waals surface area contributed by atoms with Crippen LogP contribution in [-0.2, 0) is 6.42 Å². The molecule has 1 saturated heterocycles. The Morgan fingerprint density at radius 3 is 2.17 bits per heavy atom. The number of nitrogens with one attached hydrogen (secondary N) is 1. The molecule has 6 heteroatoms. The Morgan fingerprint density at radius 1 is 0.931 bits per heavy atom. The van der Waals surface area contributed by atoms with Crippen molar-refractivity contribution >= 4 is 11.6 Å². The van der Waals surface area contributed by atoms with Crippen LogP contribution in [0.2, 0.25) is 0 Å². The Hall–Kier alpha value is -3.15. The number of piperazine rings is 1. The lowest BCUT2D eigenvalue weighted by Crippen LogP contribution is -2.47. The third-order valence-electron chi connectivity index (χ3n) is 5.48. The van der Waals surface area contributed by atoms with Gasteiger partial charge in [-0.05, 0) is 43.7 Å². The molecule has 3 aromatic rings. The van der Waals surface area contributed by atoms with Crippen LogP contribution in [0.4, 0.5) is 16.0 Å². The standard InChI is InChI=1S/C23H25FN4O/c1-16-3-5-18(6-4-16)15-21-17(2)25-23(26-22(21)29)28-13-11-27(12-14-28)20-9-7-19(24)8-10-20/h3-10H,11-15H2,1-2H3,(H,25,26,29). The molecule has 1 aromatic heterocycles. The quantitative estimate of drug-likeness (QED) is 0.739. The Bertz CT molecular complexity index is 1040. The van der Waals surface area contributed by atoms with Crippen molar-refractivity contribution in [3.05, 3.63) is 87.1 Å². The molecule has 1 fully saturated rings. The molecular formula is C23H25FN4O. The van der Waals surface area contributed by atoms with E-state index in [1.807, 2.05) is 13.8 Å². The molecule has 0 unspecified atom stereocenters. The van der Waals surface area contributed by atoms with Gasteiger partial charge in [0.1, 0.15) is 5.82 Å². The summed E-state index contributed by atoms with van der Waals surface area (Å²) in [5.41, 5.74) is 4.72. The van der Waals surface area contributed by atoms with E-state index >= 15 is 0 Å². The number of aryl methyl sites for hydroxylation is 2. The second-order valence-corrected chi connectivity index (χ2v) is 7.57. The molecule has 0 aliphatic carbocycles. The van der Waals surface area contributed by atoms with Crippen molar-refractivity contribution < 1.29 is 4.39 Å². The van der Waals surface area contributed by atoms with Crippen molar-refractivity contribution in [2.75, 3.05) is 36.0 Å². The van der Waals surface area contributed by atoms with E-state index in [9.17, 15) is 9.18 Å². The number of H-pyrrole nitrogens is 1. The molecule has 0 radical (unpaired) electrons. The number of aromatic amines is 1. The van der Waals surface area contributed by atoms with Gasteiger partial charge in [0.15, 0.2) is 0 Å². The van der Waals surface area contributed by atoms with E-state index in [4.69, 9.17) is 0 Å². The Balaban J connectivity index is 1.46. The first-order valence-electron chi connectivity index (χ1n) is 9.90. The summed E-state index contributed by atoms with van der Waals surface area (Å²) in [6, 6.07) is 14.8. The van der Waals surface area contributed by atoms with E-state index in [2.05, 4.69) is 44.0 Å². The maximum absolute atomic E-state index is 13.1. The minimum absolute atomic E-state index is 0.0750. The van der Waals surface area contributed by atoms with Crippen LogP contribution in [0.3, 0.4) is 0 Å². The van der Waals surface area contributed by atoms with Crippen LogP contribution in [-0.4, -0.2) is 36.1 Å². The van der Waals surface area contributed by atoms with Gasteiger partial charge in [-0.2, -0.15) is 0 Å². The summed E-state index contributed by atoms with van der Waals surface area (Å²) in [5, 5.41) is 0. The zero-order valence-corrected chi connectivity index (χ0v) is 16.8. The number of halogens is 1. The van der Waals surface area contributed by atoms with Crippen molar-refractivity contribution in [2.24, 2.45) is 0 Å². The summed E-state index contributed by atoms with van der Waals surface area (Å²) in [7, 11) is 0. The van der Waals surface area contributed by atoms with Crippen molar-refractivity contribution in [3.63, 3.8) is 0 Å². The lowest BCUT2D eigenvalue weighted by molar-refractivity contribution is 0.622. The smallest absolute Gasteiger partial charge is 0.256 e. The Labute approximate surface area is 169 Å². The van der Waals surface area contributed by atoms with Gasteiger partial charge in [0.05, 0.1) is 5.69 Å². The monoisotopic (exact) mass is 392 g/mol. The van der Waals surface area contributed by atoms with Gasteiger partial charge in [0.2, 0.25) is 5.95 Å². The zero-order chi connectivity index (χ0) is 20.4. The number of anilines is 2. The molecule has 0 atom stereocenters. The van der Waals surface area contributed by atoms with Crippen LogP contribution >= 0.6 is 0 Å². The average molecular weight is 392 g/mol. The number of nitrogens with zero attached hydrogens (tertiary/aromatic N) is 3. The first kappa shape index (κ1) is 19.2. The molecule has 1 aliphatic rings. The zero-order valence-electron chi connectivity index (χ0n) is 16.8. The van der Waals surface area contributed by atoms with E-state index < -0.39 is 0 Å². The Kier molecular flexibility index (Phi) is 5.34. The first-order chi connectivity index (χ1) is 14.0. The van der Waals surface area contributed by atoms with Gasteiger partial charge in [-0.25, -0.2) is 9.37 Å². The maximum atomic E-state index is 13.1. The fourth-order valence-corrected chi connectivity index (χ4v) is 3.69. The summed E-state index contributed by atoms with van der Waals surface area (Å²) < 4.78 is 13.1. The molecule has 0 spiro atoms. The predicted molar refractivity (Wildman–Crippen MR) is 114 cm³/mol. The van der Waals surface area contributed by atoms with Crippen molar-refractivity contribution in [1.82, 2.24) is 9.97 Å². The van der Waals surface area contributed by atoms with Crippen molar-refractivity contribution in [1.29, 1.82) is 0 Å². The largest absolute Gasteiger partial charge is 0.368 e. The number of rotatable bonds is 4. The number of aromatic nitrogens is 2. The number of benzene rings is 2. The van der Waals surface area contributed by atoms with Gasteiger partial charge in [0, 0.05) is 43.9 Å². The number of hydrogen-bond acceptors (Lipinski definition) is 4. The molecule has 1 N–H and O–H groups in total. The first-order valence-corrected chi connectivity index (χ1v) is 9.90. The van der Waals surface area contributed by atoms with E-state index in [1.165, 1.54) is 17.7 Å². The second-order valence-electron chi connectivity index (χ2n) is 7.57. The van der Waals surface area contributed by atoms with Gasteiger partial charge in [0.25, 0.3) is 5.56 Å². The molecule has 5 nitrogen and oxygen atoms in total. The van der Waals surface area contributed by atoms with Gasteiger partial charge in [-0.15, -0.1) is 0 Å². The molecule has 1 aliphatic heterocycles. The van der Waals surface area contributed by atoms with Crippen LogP contribution in [0.5, 0.6) is 0 Å².